The number of hydrogen-bond donors (Lipinski definition) is 1. The van der Waals surface area contributed by atoms with E-state index < -0.39 is 11.7 Å². The fourth-order valence-electron chi connectivity index (χ4n) is 2.37. The Morgan fingerprint density at radius 2 is 2.11 bits per heavy atom. The van der Waals surface area contributed by atoms with Crippen molar-refractivity contribution in [2.45, 2.75) is 19.5 Å². The molecule has 18 heavy (non-hydrogen) atoms. The number of nitrogens with two attached hydrogens (primary N) is 1. The van der Waals surface area contributed by atoms with Gasteiger partial charge in [0.1, 0.15) is 0 Å². The topological polar surface area (TPSA) is 29.3 Å². The molecule has 0 spiro atoms. The number of halogens is 3. The van der Waals surface area contributed by atoms with Crippen molar-refractivity contribution in [3.8, 4) is 0 Å². The van der Waals surface area contributed by atoms with Crippen LogP contribution in [0.25, 0.3) is 0 Å². The zero-order valence-corrected chi connectivity index (χ0v) is 10.3. The lowest BCUT2D eigenvalue weighted by Gasteiger charge is -2.21. The SMILES string of the molecule is Cc1ccc(N2CCC(CN)C2)cc1C(F)(F)F. The van der Waals surface area contributed by atoms with Crippen molar-refractivity contribution in [3.05, 3.63) is 29.3 Å². The molecule has 0 bridgehead atoms. The number of aryl methyl sites for hydroxylation is 1. The van der Waals surface area contributed by atoms with Crippen LogP contribution < -0.4 is 10.6 Å². The van der Waals surface area contributed by atoms with E-state index in [2.05, 4.69) is 0 Å². The molecule has 1 heterocycles. The van der Waals surface area contributed by atoms with E-state index in [1.54, 1.807) is 6.07 Å². The predicted octanol–water partition coefficient (Wildman–Crippen LogP) is 2.80. The molecule has 5 heteroatoms. The van der Waals surface area contributed by atoms with Crippen LogP contribution in [-0.4, -0.2) is 19.6 Å². The van der Waals surface area contributed by atoms with Crippen LogP contribution in [0.1, 0.15) is 17.5 Å². The van der Waals surface area contributed by atoms with Gasteiger partial charge in [0.25, 0.3) is 0 Å². The Bertz CT molecular complexity index is 429. The molecule has 2 N–H and O–H groups in total. The maximum absolute atomic E-state index is 12.8. The van der Waals surface area contributed by atoms with Gasteiger partial charge in [0, 0.05) is 18.8 Å². The maximum Gasteiger partial charge on any atom is 0.416 e. The van der Waals surface area contributed by atoms with E-state index in [-0.39, 0.29) is 5.56 Å². The summed E-state index contributed by atoms with van der Waals surface area (Å²) in [6.45, 7) is 3.60. The Balaban J connectivity index is 2.25. The van der Waals surface area contributed by atoms with Gasteiger partial charge < -0.3 is 10.6 Å². The van der Waals surface area contributed by atoms with Gasteiger partial charge in [-0.1, -0.05) is 6.07 Å². The van der Waals surface area contributed by atoms with Crippen LogP contribution in [0, 0.1) is 12.8 Å². The first-order chi connectivity index (χ1) is 8.41. The van der Waals surface area contributed by atoms with Crippen molar-refractivity contribution in [2.75, 3.05) is 24.5 Å². The molecule has 1 atom stereocenters. The van der Waals surface area contributed by atoms with E-state index >= 15 is 0 Å². The third-order valence-electron chi connectivity index (χ3n) is 3.51. The first-order valence-electron chi connectivity index (χ1n) is 6.04. The highest BCUT2D eigenvalue weighted by molar-refractivity contribution is 5.52. The second-order valence-electron chi connectivity index (χ2n) is 4.83. The van der Waals surface area contributed by atoms with Crippen LogP contribution in [0.4, 0.5) is 18.9 Å². The molecular weight excluding hydrogens is 241 g/mol. The fraction of sp³-hybridized carbons (Fsp3) is 0.538. The lowest BCUT2D eigenvalue weighted by molar-refractivity contribution is -0.138. The fourth-order valence-corrected chi connectivity index (χ4v) is 2.37. The molecule has 1 fully saturated rings. The molecule has 1 unspecified atom stereocenters. The zero-order valence-electron chi connectivity index (χ0n) is 10.3. The van der Waals surface area contributed by atoms with Crippen LogP contribution in [0.3, 0.4) is 0 Å². The lowest BCUT2D eigenvalue weighted by Crippen LogP contribution is -2.23. The molecule has 1 saturated heterocycles. The molecule has 0 amide bonds. The van der Waals surface area contributed by atoms with E-state index in [0.717, 1.165) is 19.5 Å². The molecule has 1 aliphatic heterocycles. The quantitative estimate of drug-likeness (QED) is 0.883. The van der Waals surface area contributed by atoms with Gasteiger partial charge in [-0.05, 0) is 43.5 Å². The Hall–Kier alpha value is -1.23. The predicted molar refractivity (Wildman–Crippen MR) is 65.6 cm³/mol. The van der Waals surface area contributed by atoms with Crippen molar-refractivity contribution in [2.24, 2.45) is 11.7 Å². The summed E-state index contributed by atoms with van der Waals surface area (Å²) < 4.78 is 38.5. The molecule has 1 aromatic carbocycles. The average Bonchev–Trinajstić information content (AvgIpc) is 2.76. The summed E-state index contributed by atoms with van der Waals surface area (Å²) >= 11 is 0. The smallest absolute Gasteiger partial charge is 0.371 e. The normalized spacial score (nSPS) is 20.5. The summed E-state index contributed by atoms with van der Waals surface area (Å²) in [6, 6.07) is 4.53. The Morgan fingerprint density at radius 1 is 1.39 bits per heavy atom. The Kier molecular flexibility index (Phi) is 3.52. The van der Waals surface area contributed by atoms with Gasteiger partial charge >= 0.3 is 6.18 Å². The summed E-state index contributed by atoms with van der Waals surface area (Å²) in [4.78, 5) is 1.98. The van der Waals surface area contributed by atoms with Gasteiger partial charge in [0.15, 0.2) is 0 Å². The van der Waals surface area contributed by atoms with Gasteiger partial charge in [-0.3, -0.25) is 0 Å². The molecule has 2 nitrogen and oxygen atoms in total. The van der Waals surface area contributed by atoms with Gasteiger partial charge in [-0.25, -0.2) is 0 Å². The molecule has 0 saturated carbocycles. The highest BCUT2D eigenvalue weighted by atomic mass is 19.4. The summed E-state index contributed by atoms with van der Waals surface area (Å²) in [5.74, 6) is 0.389. The summed E-state index contributed by atoms with van der Waals surface area (Å²) in [7, 11) is 0. The van der Waals surface area contributed by atoms with E-state index in [4.69, 9.17) is 5.73 Å². The first kappa shape index (κ1) is 13.2. The molecule has 1 aromatic rings. The minimum Gasteiger partial charge on any atom is -0.371 e. The monoisotopic (exact) mass is 258 g/mol. The molecular formula is C13H17F3N2. The number of rotatable bonds is 2. The van der Waals surface area contributed by atoms with Gasteiger partial charge in [-0.2, -0.15) is 13.2 Å². The number of anilines is 1. The van der Waals surface area contributed by atoms with Crippen molar-refractivity contribution in [1.82, 2.24) is 0 Å². The maximum atomic E-state index is 12.8. The third-order valence-corrected chi connectivity index (χ3v) is 3.51. The molecule has 0 aliphatic carbocycles. The zero-order chi connectivity index (χ0) is 13.3. The highest BCUT2D eigenvalue weighted by Gasteiger charge is 2.33. The summed E-state index contributed by atoms with van der Waals surface area (Å²) in [5.41, 5.74) is 5.95. The van der Waals surface area contributed by atoms with Gasteiger partial charge in [-0.15, -0.1) is 0 Å². The van der Waals surface area contributed by atoms with Crippen LogP contribution in [0.15, 0.2) is 18.2 Å². The molecule has 100 valence electrons. The van der Waals surface area contributed by atoms with Gasteiger partial charge in [0.05, 0.1) is 5.56 Å². The molecule has 2 rings (SSSR count). The van der Waals surface area contributed by atoms with E-state index in [9.17, 15) is 13.2 Å². The minimum absolute atomic E-state index is 0.265. The van der Waals surface area contributed by atoms with E-state index in [1.807, 2.05) is 4.90 Å². The summed E-state index contributed by atoms with van der Waals surface area (Å²) in [6.07, 6.45) is -3.33. The lowest BCUT2D eigenvalue weighted by atomic mass is 10.1. The van der Waals surface area contributed by atoms with E-state index in [0.29, 0.717) is 18.2 Å². The second-order valence-corrected chi connectivity index (χ2v) is 4.83. The van der Waals surface area contributed by atoms with Crippen molar-refractivity contribution >= 4 is 5.69 Å². The number of hydrogen-bond acceptors (Lipinski definition) is 2. The molecule has 0 radical (unpaired) electrons. The summed E-state index contributed by atoms with van der Waals surface area (Å²) in [5, 5.41) is 0. The Morgan fingerprint density at radius 3 is 2.67 bits per heavy atom. The molecule has 0 aromatic heterocycles. The number of benzene rings is 1. The van der Waals surface area contributed by atoms with Crippen LogP contribution in [0.5, 0.6) is 0 Å². The van der Waals surface area contributed by atoms with Crippen LogP contribution in [-0.2, 0) is 6.18 Å². The van der Waals surface area contributed by atoms with Crippen molar-refractivity contribution in [3.63, 3.8) is 0 Å². The largest absolute Gasteiger partial charge is 0.416 e. The first-order valence-corrected chi connectivity index (χ1v) is 6.04. The van der Waals surface area contributed by atoms with Crippen LogP contribution in [0.2, 0.25) is 0 Å². The number of nitrogens with zero attached hydrogens (tertiary/aromatic N) is 1. The van der Waals surface area contributed by atoms with Crippen molar-refractivity contribution in [1.29, 1.82) is 0 Å². The highest BCUT2D eigenvalue weighted by Crippen LogP contribution is 2.35. The minimum atomic E-state index is -4.28. The molecule has 1 aliphatic rings. The second kappa shape index (κ2) is 4.80. The van der Waals surface area contributed by atoms with Crippen LogP contribution >= 0.6 is 0 Å². The van der Waals surface area contributed by atoms with Gasteiger partial charge in [0.2, 0.25) is 0 Å². The third kappa shape index (κ3) is 2.61. The van der Waals surface area contributed by atoms with E-state index in [1.165, 1.54) is 19.1 Å². The Labute approximate surface area is 105 Å². The average molecular weight is 258 g/mol. The van der Waals surface area contributed by atoms with Crippen molar-refractivity contribution < 1.29 is 13.2 Å². The number of alkyl halides is 3. The standard InChI is InChI=1S/C13H17F3N2/c1-9-2-3-11(6-12(9)13(14,15)16)18-5-4-10(7-17)8-18/h2-3,6,10H,4-5,7-8,17H2,1H3.